The van der Waals surface area contributed by atoms with Gasteiger partial charge in [0.1, 0.15) is 0 Å². The van der Waals surface area contributed by atoms with Gasteiger partial charge in [-0.3, -0.25) is 4.99 Å². The fourth-order valence-electron chi connectivity index (χ4n) is 3.79. The SMILES string of the molecule is CN=C(NCC1(c2cccc(C(F)(F)F)c2)CCOCC1)N(C)Cc1csc(C)n1. The van der Waals surface area contributed by atoms with Gasteiger partial charge in [-0.05, 0) is 31.4 Å². The molecular formula is C21H27F3N4OS. The molecule has 0 bridgehead atoms. The number of aromatic nitrogens is 1. The molecule has 1 aliphatic rings. The molecule has 2 heterocycles. The molecule has 2 aromatic rings. The molecule has 0 atom stereocenters. The zero-order valence-electron chi connectivity index (χ0n) is 17.4. The first-order valence-electron chi connectivity index (χ1n) is 9.82. The fourth-order valence-corrected chi connectivity index (χ4v) is 4.39. The number of ether oxygens (including phenoxy) is 1. The number of benzene rings is 1. The van der Waals surface area contributed by atoms with Gasteiger partial charge in [-0.25, -0.2) is 4.98 Å². The second-order valence-electron chi connectivity index (χ2n) is 7.59. The first-order valence-corrected chi connectivity index (χ1v) is 10.7. The molecule has 3 rings (SSSR count). The zero-order valence-corrected chi connectivity index (χ0v) is 18.2. The summed E-state index contributed by atoms with van der Waals surface area (Å²) in [4.78, 5) is 10.8. The van der Waals surface area contributed by atoms with Crippen LogP contribution in [0.15, 0.2) is 34.6 Å². The lowest BCUT2D eigenvalue weighted by Crippen LogP contribution is -2.48. The largest absolute Gasteiger partial charge is 0.416 e. The van der Waals surface area contributed by atoms with E-state index in [2.05, 4.69) is 15.3 Å². The van der Waals surface area contributed by atoms with Gasteiger partial charge in [-0.1, -0.05) is 18.2 Å². The molecule has 1 aromatic heterocycles. The molecule has 0 spiro atoms. The van der Waals surface area contributed by atoms with Gasteiger partial charge in [-0.15, -0.1) is 11.3 Å². The Balaban J connectivity index is 1.77. The Morgan fingerprint density at radius 2 is 2.07 bits per heavy atom. The topological polar surface area (TPSA) is 49.8 Å². The molecule has 1 aliphatic heterocycles. The van der Waals surface area contributed by atoms with Crippen molar-refractivity contribution in [2.45, 2.75) is 37.9 Å². The van der Waals surface area contributed by atoms with Gasteiger partial charge in [0.15, 0.2) is 5.96 Å². The molecule has 30 heavy (non-hydrogen) atoms. The van der Waals surface area contributed by atoms with Crippen LogP contribution in [0.5, 0.6) is 0 Å². The van der Waals surface area contributed by atoms with E-state index in [0.717, 1.165) is 16.8 Å². The highest BCUT2D eigenvalue weighted by molar-refractivity contribution is 7.09. The number of rotatable bonds is 5. The zero-order chi connectivity index (χ0) is 21.8. The van der Waals surface area contributed by atoms with Gasteiger partial charge in [0.25, 0.3) is 0 Å². The lowest BCUT2D eigenvalue weighted by molar-refractivity contribution is -0.137. The Hall–Kier alpha value is -2.13. The van der Waals surface area contributed by atoms with Crippen LogP contribution in [0.3, 0.4) is 0 Å². The normalized spacial score (nSPS) is 17.1. The third kappa shape index (κ3) is 5.31. The summed E-state index contributed by atoms with van der Waals surface area (Å²) in [6, 6.07) is 5.66. The molecule has 5 nitrogen and oxygen atoms in total. The van der Waals surface area contributed by atoms with E-state index < -0.39 is 17.2 Å². The van der Waals surface area contributed by atoms with Crippen LogP contribution in [0.25, 0.3) is 0 Å². The van der Waals surface area contributed by atoms with Crippen molar-refractivity contribution in [1.82, 2.24) is 15.2 Å². The Labute approximate surface area is 179 Å². The van der Waals surface area contributed by atoms with E-state index in [0.29, 0.717) is 50.7 Å². The van der Waals surface area contributed by atoms with E-state index in [1.165, 1.54) is 12.1 Å². The molecule has 9 heteroatoms. The van der Waals surface area contributed by atoms with Crippen molar-refractivity contribution < 1.29 is 17.9 Å². The van der Waals surface area contributed by atoms with Crippen molar-refractivity contribution in [1.29, 1.82) is 0 Å². The highest BCUT2D eigenvalue weighted by Crippen LogP contribution is 2.37. The van der Waals surface area contributed by atoms with E-state index in [4.69, 9.17) is 4.74 Å². The number of nitrogens with zero attached hydrogens (tertiary/aromatic N) is 3. The molecule has 1 saturated heterocycles. The van der Waals surface area contributed by atoms with Gasteiger partial charge in [-0.2, -0.15) is 13.2 Å². The molecule has 1 aromatic carbocycles. The lowest BCUT2D eigenvalue weighted by Gasteiger charge is -2.39. The standard InChI is InChI=1S/C21H27F3N4OS/c1-15-27-18(13-30-15)12-28(3)19(25-2)26-14-20(7-9-29-10-8-20)16-5-4-6-17(11-16)21(22,23)24/h4-6,11,13H,7-10,12,14H2,1-3H3,(H,25,26). The van der Waals surface area contributed by atoms with E-state index in [1.807, 2.05) is 24.3 Å². The third-order valence-electron chi connectivity index (χ3n) is 5.48. The first-order chi connectivity index (χ1) is 14.2. The Morgan fingerprint density at radius 1 is 1.33 bits per heavy atom. The number of guanidine groups is 1. The number of nitrogens with one attached hydrogen (secondary N) is 1. The Bertz CT molecular complexity index is 875. The van der Waals surface area contributed by atoms with Crippen LogP contribution in [0.4, 0.5) is 13.2 Å². The number of halogens is 3. The fraction of sp³-hybridized carbons (Fsp3) is 0.524. The monoisotopic (exact) mass is 440 g/mol. The van der Waals surface area contributed by atoms with Crippen LogP contribution in [0, 0.1) is 6.92 Å². The maximum Gasteiger partial charge on any atom is 0.416 e. The van der Waals surface area contributed by atoms with Crippen LogP contribution >= 0.6 is 11.3 Å². The maximum absolute atomic E-state index is 13.3. The molecular weight excluding hydrogens is 413 g/mol. The second-order valence-corrected chi connectivity index (χ2v) is 8.65. The van der Waals surface area contributed by atoms with E-state index in [1.54, 1.807) is 24.5 Å². The van der Waals surface area contributed by atoms with Crippen molar-refractivity contribution in [3.63, 3.8) is 0 Å². The summed E-state index contributed by atoms with van der Waals surface area (Å²) < 4.78 is 45.3. The lowest BCUT2D eigenvalue weighted by atomic mass is 9.73. The molecule has 0 radical (unpaired) electrons. The van der Waals surface area contributed by atoms with Crippen molar-refractivity contribution in [2.24, 2.45) is 4.99 Å². The van der Waals surface area contributed by atoms with Crippen molar-refractivity contribution in [3.8, 4) is 0 Å². The molecule has 164 valence electrons. The molecule has 0 aliphatic carbocycles. The van der Waals surface area contributed by atoms with Crippen molar-refractivity contribution >= 4 is 17.3 Å². The van der Waals surface area contributed by atoms with Crippen LogP contribution in [0.1, 0.15) is 34.7 Å². The van der Waals surface area contributed by atoms with Gasteiger partial charge in [0.2, 0.25) is 0 Å². The second kappa shape index (κ2) is 9.34. The number of hydrogen-bond donors (Lipinski definition) is 1. The first kappa shape index (κ1) is 22.6. The average Bonchev–Trinajstić information content (AvgIpc) is 3.13. The number of thiazole rings is 1. The number of hydrogen-bond acceptors (Lipinski definition) is 4. The predicted octanol–water partition coefficient (Wildman–Crippen LogP) is 4.23. The average molecular weight is 441 g/mol. The number of aryl methyl sites for hydroxylation is 1. The summed E-state index contributed by atoms with van der Waals surface area (Å²) in [5.74, 6) is 0.679. The molecule has 0 amide bonds. The van der Waals surface area contributed by atoms with Crippen LogP contribution < -0.4 is 5.32 Å². The van der Waals surface area contributed by atoms with E-state index >= 15 is 0 Å². The van der Waals surface area contributed by atoms with Gasteiger partial charge < -0.3 is 15.0 Å². The van der Waals surface area contributed by atoms with E-state index in [9.17, 15) is 13.2 Å². The smallest absolute Gasteiger partial charge is 0.381 e. The minimum Gasteiger partial charge on any atom is -0.381 e. The van der Waals surface area contributed by atoms with Crippen molar-refractivity contribution in [2.75, 3.05) is 33.9 Å². The highest BCUT2D eigenvalue weighted by Gasteiger charge is 2.37. The quantitative estimate of drug-likeness (QED) is 0.559. The predicted molar refractivity (Wildman–Crippen MR) is 113 cm³/mol. The van der Waals surface area contributed by atoms with Crippen LogP contribution in [-0.2, 0) is 22.9 Å². The summed E-state index contributed by atoms with van der Waals surface area (Å²) in [5, 5.41) is 6.40. The number of alkyl halides is 3. The molecule has 0 unspecified atom stereocenters. The van der Waals surface area contributed by atoms with Gasteiger partial charge in [0.05, 0.1) is 22.8 Å². The van der Waals surface area contributed by atoms with Gasteiger partial charge in [0, 0.05) is 44.6 Å². The molecule has 1 fully saturated rings. The van der Waals surface area contributed by atoms with Crippen molar-refractivity contribution in [3.05, 3.63) is 51.5 Å². The minimum atomic E-state index is -4.36. The van der Waals surface area contributed by atoms with Gasteiger partial charge >= 0.3 is 6.18 Å². The molecule has 0 saturated carbocycles. The van der Waals surface area contributed by atoms with Crippen LogP contribution in [0.2, 0.25) is 0 Å². The molecule has 1 N–H and O–H groups in total. The highest BCUT2D eigenvalue weighted by atomic mass is 32.1. The summed E-state index contributed by atoms with van der Waals surface area (Å²) in [5.41, 5.74) is 0.572. The number of aliphatic imine (C=N–C) groups is 1. The Kier molecular flexibility index (Phi) is 7.02. The summed E-state index contributed by atoms with van der Waals surface area (Å²) in [6.07, 6.45) is -3.07. The Morgan fingerprint density at radius 3 is 2.67 bits per heavy atom. The van der Waals surface area contributed by atoms with Crippen LogP contribution in [-0.4, -0.2) is 49.7 Å². The van der Waals surface area contributed by atoms with E-state index in [-0.39, 0.29) is 0 Å². The summed E-state index contributed by atoms with van der Waals surface area (Å²) in [6.45, 7) is 4.08. The minimum absolute atomic E-state index is 0.451. The summed E-state index contributed by atoms with van der Waals surface area (Å²) >= 11 is 1.60. The maximum atomic E-state index is 13.3. The summed E-state index contributed by atoms with van der Waals surface area (Å²) in [7, 11) is 3.62. The third-order valence-corrected chi connectivity index (χ3v) is 6.30.